The highest BCUT2D eigenvalue weighted by Gasteiger charge is 2.22. The highest BCUT2D eigenvalue weighted by atomic mass is 35.5. The van der Waals surface area contributed by atoms with E-state index in [0.717, 1.165) is 12.8 Å². The summed E-state index contributed by atoms with van der Waals surface area (Å²) in [6.45, 7) is 0. The molecule has 0 aliphatic heterocycles. The van der Waals surface area contributed by atoms with Crippen LogP contribution in [0.25, 0.3) is 0 Å². The zero-order chi connectivity index (χ0) is 9.97. The van der Waals surface area contributed by atoms with Gasteiger partial charge in [0.2, 0.25) is 11.8 Å². The lowest BCUT2D eigenvalue weighted by Crippen LogP contribution is -2.04. The second-order valence-electron chi connectivity index (χ2n) is 3.61. The minimum atomic E-state index is -0.708. The van der Waals surface area contributed by atoms with Crippen LogP contribution in [-0.2, 0) is 0 Å². The first-order chi connectivity index (χ1) is 6.77. The summed E-state index contributed by atoms with van der Waals surface area (Å²) in [7, 11) is 0. The van der Waals surface area contributed by atoms with E-state index in [1.54, 1.807) is 0 Å². The highest BCUT2D eigenvalue weighted by Crippen LogP contribution is 2.33. The van der Waals surface area contributed by atoms with Gasteiger partial charge in [0, 0.05) is 5.92 Å². The van der Waals surface area contributed by atoms with Crippen LogP contribution >= 0.6 is 23.2 Å². The Bertz CT molecular complexity index is 295. The van der Waals surface area contributed by atoms with Gasteiger partial charge in [-0.1, -0.05) is 42.5 Å². The van der Waals surface area contributed by atoms with Gasteiger partial charge in [0.15, 0.2) is 4.84 Å². The zero-order valence-corrected chi connectivity index (χ0v) is 9.26. The summed E-state index contributed by atoms with van der Waals surface area (Å²) in [5, 5.41) is 7.79. The summed E-state index contributed by atoms with van der Waals surface area (Å²) >= 11 is 11.2. The van der Waals surface area contributed by atoms with E-state index in [2.05, 4.69) is 10.2 Å². The summed E-state index contributed by atoms with van der Waals surface area (Å²) in [5.41, 5.74) is 0. The maximum absolute atomic E-state index is 5.62. The lowest BCUT2D eigenvalue weighted by molar-refractivity contribution is 0.354. The summed E-state index contributed by atoms with van der Waals surface area (Å²) < 4.78 is 5.40. The van der Waals surface area contributed by atoms with Crippen molar-refractivity contribution in [2.75, 3.05) is 0 Å². The molecule has 3 nitrogen and oxygen atoms in total. The average molecular weight is 235 g/mol. The molecule has 1 aromatic heterocycles. The van der Waals surface area contributed by atoms with Crippen molar-refractivity contribution in [3.8, 4) is 0 Å². The fourth-order valence-corrected chi connectivity index (χ4v) is 2.03. The van der Waals surface area contributed by atoms with Crippen molar-refractivity contribution in [1.29, 1.82) is 0 Å². The maximum atomic E-state index is 5.62. The van der Waals surface area contributed by atoms with Crippen molar-refractivity contribution in [3.05, 3.63) is 11.8 Å². The van der Waals surface area contributed by atoms with Crippen LogP contribution in [0, 0.1) is 0 Å². The molecular weight excluding hydrogens is 223 g/mol. The number of nitrogens with zero attached hydrogens (tertiary/aromatic N) is 2. The van der Waals surface area contributed by atoms with Crippen LogP contribution in [0.2, 0.25) is 0 Å². The zero-order valence-electron chi connectivity index (χ0n) is 7.75. The van der Waals surface area contributed by atoms with Gasteiger partial charge in [-0.25, -0.2) is 0 Å². The molecule has 0 spiro atoms. The van der Waals surface area contributed by atoms with E-state index in [1.807, 2.05) is 0 Å². The molecule has 1 aromatic rings. The van der Waals surface area contributed by atoms with Crippen LogP contribution in [0.1, 0.15) is 54.6 Å². The maximum Gasteiger partial charge on any atom is 0.249 e. The standard InChI is InChI=1S/C9H12Cl2N2O/c10-7(11)9-13-12-8(14-9)6-4-2-1-3-5-6/h6-7H,1-5H2. The van der Waals surface area contributed by atoms with Gasteiger partial charge in [0.1, 0.15) is 0 Å². The Morgan fingerprint density at radius 2 is 1.86 bits per heavy atom. The Kier molecular flexibility index (Phi) is 3.29. The Balaban J connectivity index is 2.07. The molecule has 0 radical (unpaired) electrons. The van der Waals surface area contributed by atoms with Crippen LogP contribution in [-0.4, -0.2) is 10.2 Å². The molecule has 1 aliphatic carbocycles. The first-order valence-electron chi connectivity index (χ1n) is 4.89. The van der Waals surface area contributed by atoms with Crippen molar-refractivity contribution in [1.82, 2.24) is 10.2 Å². The van der Waals surface area contributed by atoms with Crippen LogP contribution in [0.15, 0.2) is 4.42 Å². The van der Waals surface area contributed by atoms with Crippen LogP contribution < -0.4 is 0 Å². The molecule has 0 N–H and O–H groups in total. The second kappa shape index (κ2) is 4.49. The van der Waals surface area contributed by atoms with Crippen LogP contribution in [0.3, 0.4) is 0 Å². The molecule has 0 atom stereocenters. The Morgan fingerprint density at radius 1 is 1.14 bits per heavy atom. The molecule has 0 unspecified atom stereocenters. The van der Waals surface area contributed by atoms with Gasteiger partial charge in [0.05, 0.1) is 0 Å². The number of rotatable bonds is 2. The first kappa shape index (κ1) is 10.2. The van der Waals surface area contributed by atoms with Gasteiger partial charge in [-0.15, -0.1) is 10.2 Å². The van der Waals surface area contributed by atoms with Gasteiger partial charge in [-0.05, 0) is 12.8 Å². The first-order valence-corrected chi connectivity index (χ1v) is 5.76. The average Bonchev–Trinajstić information content (AvgIpc) is 2.68. The molecule has 0 saturated heterocycles. The largest absolute Gasteiger partial charge is 0.422 e. The molecule has 0 amide bonds. The smallest absolute Gasteiger partial charge is 0.249 e. The van der Waals surface area contributed by atoms with E-state index in [9.17, 15) is 0 Å². The summed E-state index contributed by atoms with van der Waals surface area (Å²) in [4.78, 5) is -0.708. The fourth-order valence-electron chi connectivity index (χ4n) is 1.85. The predicted molar refractivity (Wildman–Crippen MR) is 54.6 cm³/mol. The Labute approximate surface area is 92.8 Å². The summed E-state index contributed by atoms with van der Waals surface area (Å²) in [5.74, 6) is 1.43. The number of halogens is 2. The lowest BCUT2D eigenvalue weighted by Gasteiger charge is -2.17. The fraction of sp³-hybridized carbons (Fsp3) is 0.778. The third-order valence-corrected chi connectivity index (χ3v) is 2.97. The molecule has 78 valence electrons. The monoisotopic (exact) mass is 234 g/mol. The normalized spacial score (nSPS) is 19.1. The quantitative estimate of drug-likeness (QED) is 0.735. The third kappa shape index (κ3) is 2.20. The van der Waals surface area contributed by atoms with E-state index in [0.29, 0.717) is 17.7 Å². The molecule has 5 heteroatoms. The summed E-state index contributed by atoms with van der Waals surface area (Å²) in [6, 6.07) is 0. The molecule has 0 bridgehead atoms. The number of hydrogen-bond donors (Lipinski definition) is 0. The molecule has 14 heavy (non-hydrogen) atoms. The molecular formula is C9H12Cl2N2O. The van der Waals surface area contributed by atoms with Crippen molar-refractivity contribution < 1.29 is 4.42 Å². The van der Waals surface area contributed by atoms with Gasteiger partial charge in [-0.3, -0.25) is 0 Å². The van der Waals surface area contributed by atoms with Gasteiger partial charge >= 0.3 is 0 Å². The van der Waals surface area contributed by atoms with E-state index in [-0.39, 0.29) is 0 Å². The van der Waals surface area contributed by atoms with Gasteiger partial charge in [-0.2, -0.15) is 0 Å². The SMILES string of the molecule is ClC(Cl)c1nnc(C2CCCCC2)o1. The Morgan fingerprint density at radius 3 is 2.43 bits per heavy atom. The minimum Gasteiger partial charge on any atom is -0.422 e. The predicted octanol–water partition coefficient (Wildman–Crippen LogP) is 3.59. The van der Waals surface area contributed by atoms with E-state index < -0.39 is 4.84 Å². The minimum absolute atomic E-state index is 0.314. The van der Waals surface area contributed by atoms with Gasteiger partial charge in [0.25, 0.3) is 0 Å². The lowest BCUT2D eigenvalue weighted by atomic mass is 9.89. The third-order valence-electron chi connectivity index (χ3n) is 2.60. The van der Waals surface area contributed by atoms with Crippen molar-refractivity contribution in [2.45, 2.75) is 42.9 Å². The van der Waals surface area contributed by atoms with Crippen molar-refractivity contribution in [3.63, 3.8) is 0 Å². The molecule has 1 saturated carbocycles. The number of alkyl halides is 2. The topological polar surface area (TPSA) is 38.9 Å². The molecule has 1 fully saturated rings. The van der Waals surface area contributed by atoms with Crippen LogP contribution in [0.4, 0.5) is 0 Å². The summed E-state index contributed by atoms with van der Waals surface area (Å²) in [6.07, 6.45) is 6.07. The van der Waals surface area contributed by atoms with Crippen LogP contribution in [0.5, 0.6) is 0 Å². The second-order valence-corrected chi connectivity index (χ2v) is 4.71. The Hall–Kier alpha value is -0.280. The van der Waals surface area contributed by atoms with Crippen molar-refractivity contribution >= 4 is 23.2 Å². The van der Waals surface area contributed by atoms with E-state index in [4.69, 9.17) is 27.6 Å². The highest BCUT2D eigenvalue weighted by molar-refractivity contribution is 6.43. The number of aromatic nitrogens is 2. The molecule has 1 aliphatic rings. The van der Waals surface area contributed by atoms with Crippen molar-refractivity contribution in [2.24, 2.45) is 0 Å². The molecule has 2 rings (SSSR count). The molecule has 1 heterocycles. The molecule has 0 aromatic carbocycles. The van der Waals surface area contributed by atoms with E-state index in [1.165, 1.54) is 19.3 Å². The number of hydrogen-bond acceptors (Lipinski definition) is 3. The van der Waals surface area contributed by atoms with E-state index >= 15 is 0 Å². The van der Waals surface area contributed by atoms with Gasteiger partial charge < -0.3 is 4.42 Å².